The Morgan fingerprint density at radius 1 is 1.30 bits per heavy atom. The van der Waals surface area contributed by atoms with Gasteiger partial charge in [0.1, 0.15) is 0 Å². The summed E-state index contributed by atoms with van der Waals surface area (Å²) < 4.78 is 4.89. The first kappa shape index (κ1) is 7.29. The van der Waals surface area contributed by atoms with Crippen LogP contribution in [0.25, 0.3) is 0 Å². The van der Waals surface area contributed by atoms with E-state index in [1.807, 2.05) is 37.3 Å². The summed E-state index contributed by atoms with van der Waals surface area (Å²) in [5, 5.41) is 0. The summed E-state index contributed by atoms with van der Waals surface area (Å²) in [5.74, 6) is 0. The van der Waals surface area contributed by atoms with Crippen LogP contribution in [0, 0.1) is 7.11 Å². The van der Waals surface area contributed by atoms with E-state index in [-0.39, 0.29) is 6.10 Å². The van der Waals surface area contributed by atoms with E-state index in [0.29, 0.717) is 0 Å². The third kappa shape index (κ3) is 1.58. The van der Waals surface area contributed by atoms with Gasteiger partial charge in [-0.05, 0) is 12.5 Å². The van der Waals surface area contributed by atoms with Gasteiger partial charge in [-0.1, -0.05) is 30.3 Å². The molecule has 0 aliphatic carbocycles. The lowest BCUT2D eigenvalue weighted by Gasteiger charge is -2.07. The van der Waals surface area contributed by atoms with Crippen LogP contribution in [0.4, 0.5) is 0 Å². The van der Waals surface area contributed by atoms with Crippen molar-refractivity contribution in [3.63, 3.8) is 0 Å². The Morgan fingerprint density at radius 2 is 1.90 bits per heavy atom. The topological polar surface area (TPSA) is 9.23 Å². The van der Waals surface area contributed by atoms with Gasteiger partial charge < -0.3 is 4.74 Å². The molecule has 0 aliphatic heterocycles. The van der Waals surface area contributed by atoms with Gasteiger partial charge in [0.25, 0.3) is 0 Å². The van der Waals surface area contributed by atoms with E-state index in [2.05, 4.69) is 7.11 Å². The van der Waals surface area contributed by atoms with Crippen LogP contribution in [-0.2, 0) is 4.74 Å². The van der Waals surface area contributed by atoms with Gasteiger partial charge in [-0.2, -0.15) is 0 Å². The molecule has 0 heterocycles. The summed E-state index contributed by atoms with van der Waals surface area (Å²) in [7, 11) is 3.36. The minimum absolute atomic E-state index is 0.0983. The highest BCUT2D eigenvalue weighted by Gasteiger charge is 1.99. The van der Waals surface area contributed by atoms with Crippen molar-refractivity contribution in [1.82, 2.24) is 0 Å². The maximum atomic E-state index is 4.89. The first-order valence-electron chi connectivity index (χ1n) is 3.30. The molecule has 1 rings (SSSR count). The Kier molecular flexibility index (Phi) is 2.46. The Bertz CT molecular complexity index is 181. The molecule has 0 aliphatic rings. The zero-order chi connectivity index (χ0) is 7.40. The average molecular weight is 135 g/mol. The number of ether oxygens (including phenoxy) is 1. The monoisotopic (exact) mass is 135 g/mol. The van der Waals surface area contributed by atoms with Crippen LogP contribution in [0.2, 0.25) is 0 Å². The van der Waals surface area contributed by atoms with Crippen molar-refractivity contribution in [2.45, 2.75) is 13.0 Å². The molecule has 1 aromatic rings. The third-order valence-corrected chi connectivity index (χ3v) is 1.52. The number of hydrogen-bond acceptors (Lipinski definition) is 1. The van der Waals surface area contributed by atoms with Gasteiger partial charge in [-0.3, -0.25) is 0 Å². The average Bonchev–Trinajstić information content (AvgIpc) is 2.05. The molecule has 0 saturated carbocycles. The minimum Gasteiger partial charge on any atom is -0.371 e. The zero-order valence-corrected chi connectivity index (χ0v) is 6.08. The Labute approximate surface area is 61.6 Å². The summed E-state index contributed by atoms with van der Waals surface area (Å²) in [6.45, 7) is 1.97. The Hall–Kier alpha value is -0.820. The zero-order valence-electron chi connectivity index (χ0n) is 6.08. The molecule has 0 amide bonds. The smallest absolute Gasteiger partial charge is 0.0797 e. The van der Waals surface area contributed by atoms with E-state index in [1.165, 1.54) is 0 Å². The SMILES string of the molecule is [CH2]OC(C)c1ccccc1. The van der Waals surface area contributed by atoms with E-state index < -0.39 is 0 Å². The van der Waals surface area contributed by atoms with Gasteiger partial charge in [0.05, 0.1) is 13.2 Å². The molecule has 1 aromatic carbocycles. The highest BCUT2D eigenvalue weighted by atomic mass is 16.5. The highest BCUT2D eigenvalue weighted by Crippen LogP contribution is 2.14. The molecule has 1 heteroatoms. The summed E-state index contributed by atoms with van der Waals surface area (Å²) in [4.78, 5) is 0. The van der Waals surface area contributed by atoms with Crippen LogP contribution < -0.4 is 0 Å². The predicted molar refractivity (Wildman–Crippen MR) is 41.3 cm³/mol. The molecule has 1 nitrogen and oxygen atoms in total. The molecular formula is C9H11O. The summed E-state index contributed by atoms with van der Waals surface area (Å²) in [5.41, 5.74) is 1.16. The molecule has 0 fully saturated rings. The van der Waals surface area contributed by atoms with Gasteiger partial charge in [-0.15, -0.1) is 0 Å². The van der Waals surface area contributed by atoms with E-state index in [1.54, 1.807) is 0 Å². The van der Waals surface area contributed by atoms with Crippen molar-refractivity contribution in [1.29, 1.82) is 0 Å². The second kappa shape index (κ2) is 3.37. The molecule has 1 unspecified atom stereocenters. The van der Waals surface area contributed by atoms with Crippen molar-refractivity contribution >= 4 is 0 Å². The molecule has 1 atom stereocenters. The summed E-state index contributed by atoms with van der Waals surface area (Å²) in [6.07, 6.45) is 0.0983. The van der Waals surface area contributed by atoms with Crippen molar-refractivity contribution in [3.05, 3.63) is 43.0 Å². The standard InChI is InChI=1S/C9H11O/c1-8(10-2)9-6-4-3-5-7-9/h3-8H,2H2,1H3. The van der Waals surface area contributed by atoms with E-state index in [0.717, 1.165) is 5.56 Å². The maximum Gasteiger partial charge on any atom is 0.0797 e. The molecule has 1 radical (unpaired) electrons. The van der Waals surface area contributed by atoms with Gasteiger partial charge in [0, 0.05) is 0 Å². The predicted octanol–water partition coefficient (Wildman–Crippen LogP) is 2.56. The highest BCUT2D eigenvalue weighted by molar-refractivity contribution is 5.16. The quantitative estimate of drug-likeness (QED) is 0.605. The summed E-state index contributed by atoms with van der Waals surface area (Å²) in [6, 6.07) is 10.0. The second-order valence-corrected chi connectivity index (χ2v) is 2.22. The fourth-order valence-electron chi connectivity index (χ4n) is 0.820. The second-order valence-electron chi connectivity index (χ2n) is 2.22. The first-order valence-corrected chi connectivity index (χ1v) is 3.30. The first-order chi connectivity index (χ1) is 4.84. The molecule has 10 heavy (non-hydrogen) atoms. The summed E-state index contributed by atoms with van der Waals surface area (Å²) >= 11 is 0. The van der Waals surface area contributed by atoms with Crippen molar-refractivity contribution < 1.29 is 4.74 Å². The molecule has 0 N–H and O–H groups in total. The molecule has 0 saturated heterocycles. The number of benzene rings is 1. The fraction of sp³-hybridized carbons (Fsp3) is 0.222. The molecular weight excluding hydrogens is 124 g/mol. The van der Waals surface area contributed by atoms with Crippen LogP contribution in [0.1, 0.15) is 18.6 Å². The van der Waals surface area contributed by atoms with Crippen LogP contribution in [0.3, 0.4) is 0 Å². The van der Waals surface area contributed by atoms with Crippen molar-refractivity contribution in [3.8, 4) is 0 Å². The van der Waals surface area contributed by atoms with Crippen molar-refractivity contribution in [2.75, 3.05) is 0 Å². The van der Waals surface area contributed by atoms with E-state index in [9.17, 15) is 0 Å². The maximum absolute atomic E-state index is 4.89. The van der Waals surface area contributed by atoms with Gasteiger partial charge >= 0.3 is 0 Å². The van der Waals surface area contributed by atoms with Crippen LogP contribution in [-0.4, -0.2) is 0 Å². The van der Waals surface area contributed by atoms with Crippen LogP contribution in [0.15, 0.2) is 30.3 Å². The third-order valence-electron chi connectivity index (χ3n) is 1.52. The minimum atomic E-state index is 0.0983. The van der Waals surface area contributed by atoms with Gasteiger partial charge in [-0.25, -0.2) is 0 Å². The van der Waals surface area contributed by atoms with Crippen LogP contribution >= 0.6 is 0 Å². The lowest BCUT2D eigenvalue weighted by Crippen LogP contribution is -1.92. The van der Waals surface area contributed by atoms with E-state index in [4.69, 9.17) is 4.74 Å². The molecule has 53 valence electrons. The Balaban J connectivity index is 2.75. The van der Waals surface area contributed by atoms with E-state index >= 15 is 0 Å². The normalized spacial score (nSPS) is 13.0. The number of rotatable bonds is 2. The molecule has 0 bridgehead atoms. The lowest BCUT2D eigenvalue weighted by molar-refractivity contribution is 0.157. The fourth-order valence-corrected chi connectivity index (χ4v) is 0.820. The molecule has 0 aromatic heterocycles. The Morgan fingerprint density at radius 3 is 2.40 bits per heavy atom. The number of hydrogen-bond donors (Lipinski definition) is 0. The van der Waals surface area contributed by atoms with Crippen LogP contribution in [0.5, 0.6) is 0 Å². The van der Waals surface area contributed by atoms with Gasteiger partial charge in [0.2, 0.25) is 0 Å². The van der Waals surface area contributed by atoms with Crippen molar-refractivity contribution in [2.24, 2.45) is 0 Å². The van der Waals surface area contributed by atoms with Gasteiger partial charge in [0.15, 0.2) is 0 Å². The molecule has 0 spiro atoms. The largest absolute Gasteiger partial charge is 0.371 e. The lowest BCUT2D eigenvalue weighted by atomic mass is 10.1.